The molecule has 27 heavy (non-hydrogen) atoms. The minimum atomic E-state index is -0.930. The minimum Gasteiger partial charge on any atom is -0.481 e. The number of hydrogen-bond acceptors (Lipinski definition) is 5. The van der Waals surface area contributed by atoms with Crippen molar-refractivity contribution in [3.63, 3.8) is 0 Å². The third kappa shape index (κ3) is 5.81. The van der Waals surface area contributed by atoms with E-state index in [0.29, 0.717) is 18.7 Å². The number of carbonyl (C=O) groups is 2. The van der Waals surface area contributed by atoms with Gasteiger partial charge in [0.1, 0.15) is 5.69 Å². The summed E-state index contributed by atoms with van der Waals surface area (Å²) in [5.74, 6) is -1.32. The first kappa shape index (κ1) is 19.9. The molecule has 142 valence electrons. The number of carboxylic acids is 1. The molecule has 0 saturated carbocycles. The summed E-state index contributed by atoms with van der Waals surface area (Å²) in [6.45, 7) is 0.678. The lowest BCUT2D eigenvalue weighted by molar-refractivity contribution is -0.384. The molecule has 2 rings (SSSR count). The molecule has 8 nitrogen and oxygen atoms in total. The largest absolute Gasteiger partial charge is 0.481 e. The number of aliphatic carboxylic acids is 1. The van der Waals surface area contributed by atoms with Gasteiger partial charge in [0.25, 0.3) is 11.6 Å². The fraction of sp³-hybridized carbons (Fsp3) is 0.263. The molecule has 0 radical (unpaired) electrons. The van der Waals surface area contributed by atoms with Gasteiger partial charge in [-0.2, -0.15) is 0 Å². The molecule has 0 aliphatic carbocycles. The Labute approximate surface area is 156 Å². The highest BCUT2D eigenvalue weighted by Crippen LogP contribution is 2.26. The van der Waals surface area contributed by atoms with Gasteiger partial charge in [-0.3, -0.25) is 19.7 Å². The lowest BCUT2D eigenvalue weighted by Gasteiger charge is -2.17. The molecule has 0 fully saturated rings. The Morgan fingerprint density at radius 1 is 1.19 bits per heavy atom. The number of benzene rings is 2. The Hall–Kier alpha value is -3.42. The highest BCUT2D eigenvalue weighted by atomic mass is 16.6. The first-order valence-electron chi connectivity index (χ1n) is 8.42. The maximum absolute atomic E-state index is 12.4. The zero-order valence-corrected chi connectivity index (χ0v) is 14.9. The van der Waals surface area contributed by atoms with Crippen molar-refractivity contribution in [1.29, 1.82) is 0 Å². The van der Waals surface area contributed by atoms with Crippen LogP contribution in [0.3, 0.4) is 0 Å². The number of nitrogens with zero attached hydrogens (tertiary/aromatic N) is 2. The van der Waals surface area contributed by atoms with Crippen molar-refractivity contribution in [3.05, 3.63) is 69.8 Å². The first-order chi connectivity index (χ1) is 12.9. The number of nitro benzene ring substituents is 1. The molecular formula is C19H21N3O5. The van der Waals surface area contributed by atoms with Gasteiger partial charge < -0.3 is 15.3 Å². The van der Waals surface area contributed by atoms with Gasteiger partial charge in [-0.05, 0) is 24.1 Å². The van der Waals surface area contributed by atoms with Crippen LogP contribution in [0, 0.1) is 10.1 Å². The molecule has 0 heterocycles. The molecule has 2 aromatic rings. The van der Waals surface area contributed by atoms with Crippen LogP contribution in [0.1, 0.15) is 28.8 Å². The van der Waals surface area contributed by atoms with Crippen LogP contribution in [0.15, 0.2) is 48.5 Å². The van der Waals surface area contributed by atoms with E-state index in [2.05, 4.69) is 5.32 Å². The number of rotatable bonds is 9. The molecule has 0 atom stereocenters. The van der Waals surface area contributed by atoms with Gasteiger partial charge in [-0.15, -0.1) is 0 Å². The topological polar surface area (TPSA) is 113 Å². The Balaban J connectivity index is 2.10. The molecule has 1 amide bonds. The second kappa shape index (κ2) is 9.33. The molecule has 0 saturated heterocycles. The maximum Gasteiger partial charge on any atom is 0.303 e. The van der Waals surface area contributed by atoms with E-state index in [0.717, 1.165) is 5.56 Å². The predicted octanol–water partition coefficient (Wildman–Crippen LogP) is 3.14. The molecule has 0 spiro atoms. The van der Waals surface area contributed by atoms with E-state index in [1.807, 2.05) is 30.3 Å². The van der Waals surface area contributed by atoms with Crippen molar-refractivity contribution in [2.75, 3.05) is 18.9 Å². The number of nitrogens with one attached hydrogen (secondary N) is 1. The van der Waals surface area contributed by atoms with E-state index >= 15 is 0 Å². The number of carboxylic acid groups (broad SMARTS) is 1. The van der Waals surface area contributed by atoms with Gasteiger partial charge in [0, 0.05) is 38.2 Å². The molecule has 0 aliphatic heterocycles. The van der Waals surface area contributed by atoms with Gasteiger partial charge in [-0.25, -0.2) is 0 Å². The van der Waals surface area contributed by atoms with Crippen LogP contribution in [0.4, 0.5) is 11.4 Å². The maximum atomic E-state index is 12.4. The van der Waals surface area contributed by atoms with E-state index in [1.54, 1.807) is 0 Å². The molecule has 0 aliphatic rings. The summed E-state index contributed by atoms with van der Waals surface area (Å²) in [7, 11) is 1.54. The minimum absolute atomic E-state index is 0.0416. The standard InChI is InChI=1S/C19H21N3O5/c1-21(11-5-8-18(23)24)19(25)15-9-10-16(17(12-15)22(26)27)20-13-14-6-3-2-4-7-14/h2-4,6-7,9-10,12,20H,5,8,11,13H2,1H3,(H,23,24). The third-order valence-corrected chi connectivity index (χ3v) is 4.00. The monoisotopic (exact) mass is 371 g/mol. The second-order valence-corrected chi connectivity index (χ2v) is 6.05. The quantitative estimate of drug-likeness (QED) is 0.517. The molecule has 0 bridgehead atoms. The first-order valence-corrected chi connectivity index (χ1v) is 8.42. The third-order valence-electron chi connectivity index (χ3n) is 4.00. The molecule has 0 aromatic heterocycles. The van der Waals surface area contributed by atoms with Crippen LogP contribution in [-0.2, 0) is 11.3 Å². The van der Waals surface area contributed by atoms with E-state index < -0.39 is 16.8 Å². The number of carbonyl (C=O) groups excluding carboxylic acids is 1. The lowest BCUT2D eigenvalue weighted by atomic mass is 10.1. The summed E-state index contributed by atoms with van der Waals surface area (Å²) in [6, 6.07) is 13.7. The zero-order chi connectivity index (χ0) is 19.8. The number of amides is 1. The zero-order valence-electron chi connectivity index (χ0n) is 14.9. The van der Waals surface area contributed by atoms with Crippen molar-refractivity contribution in [2.45, 2.75) is 19.4 Å². The van der Waals surface area contributed by atoms with Crippen molar-refractivity contribution in [1.82, 2.24) is 4.90 Å². The normalized spacial score (nSPS) is 10.3. The predicted molar refractivity (Wildman–Crippen MR) is 101 cm³/mol. The lowest BCUT2D eigenvalue weighted by Crippen LogP contribution is -2.28. The Morgan fingerprint density at radius 3 is 2.52 bits per heavy atom. The van der Waals surface area contributed by atoms with Crippen LogP contribution < -0.4 is 5.32 Å². The Bertz CT molecular complexity index is 823. The van der Waals surface area contributed by atoms with Crippen molar-refractivity contribution < 1.29 is 19.6 Å². The van der Waals surface area contributed by atoms with E-state index in [9.17, 15) is 19.7 Å². The number of hydrogen-bond donors (Lipinski definition) is 2. The van der Waals surface area contributed by atoms with E-state index in [-0.39, 0.29) is 24.2 Å². The summed E-state index contributed by atoms with van der Waals surface area (Å²) in [4.78, 5) is 35.2. The SMILES string of the molecule is CN(CCCC(=O)O)C(=O)c1ccc(NCc2ccccc2)c([N+](=O)[O-])c1. The molecular weight excluding hydrogens is 350 g/mol. The highest BCUT2D eigenvalue weighted by molar-refractivity contribution is 5.95. The number of anilines is 1. The average molecular weight is 371 g/mol. The van der Waals surface area contributed by atoms with Crippen molar-refractivity contribution in [3.8, 4) is 0 Å². The van der Waals surface area contributed by atoms with Gasteiger partial charge in [0.2, 0.25) is 0 Å². The van der Waals surface area contributed by atoms with Gasteiger partial charge >= 0.3 is 5.97 Å². The molecule has 0 unspecified atom stereocenters. The van der Waals surface area contributed by atoms with Gasteiger partial charge in [0.05, 0.1) is 4.92 Å². The fourth-order valence-corrected chi connectivity index (χ4v) is 2.55. The van der Waals surface area contributed by atoms with Crippen molar-refractivity contribution in [2.24, 2.45) is 0 Å². The molecule has 2 N–H and O–H groups in total. The molecule has 8 heteroatoms. The Morgan fingerprint density at radius 2 is 1.89 bits per heavy atom. The highest BCUT2D eigenvalue weighted by Gasteiger charge is 2.19. The Kier molecular flexibility index (Phi) is 6.87. The summed E-state index contributed by atoms with van der Waals surface area (Å²) >= 11 is 0. The smallest absolute Gasteiger partial charge is 0.303 e. The average Bonchev–Trinajstić information content (AvgIpc) is 2.66. The second-order valence-electron chi connectivity index (χ2n) is 6.05. The van der Waals surface area contributed by atoms with Crippen LogP contribution in [0.5, 0.6) is 0 Å². The van der Waals surface area contributed by atoms with Crippen LogP contribution in [-0.4, -0.2) is 40.4 Å². The van der Waals surface area contributed by atoms with Gasteiger partial charge in [0.15, 0.2) is 0 Å². The van der Waals surface area contributed by atoms with E-state index in [1.165, 1.54) is 30.1 Å². The van der Waals surface area contributed by atoms with Crippen LogP contribution in [0.25, 0.3) is 0 Å². The van der Waals surface area contributed by atoms with E-state index in [4.69, 9.17) is 5.11 Å². The van der Waals surface area contributed by atoms with Crippen LogP contribution in [0.2, 0.25) is 0 Å². The van der Waals surface area contributed by atoms with Crippen molar-refractivity contribution >= 4 is 23.3 Å². The van der Waals surface area contributed by atoms with Gasteiger partial charge in [-0.1, -0.05) is 30.3 Å². The fourth-order valence-electron chi connectivity index (χ4n) is 2.55. The summed E-state index contributed by atoms with van der Waals surface area (Å²) in [5, 5.41) is 23.1. The molecule has 2 aromatic carbocycles. The summed E-state index contributed by atoms with van der Waals surface area (Å²) in [6.07, 6.45) is 0.274. The van der Waals surface area contributed by atoms with Crippen LogP contribution >= 0.6 is 0 Å². The summed E-state index contributed by atoms with van der Waals surface area (Å²) in [5.41, 5.74) is 1.31. The number of nitro groups is 1. The summed E-state index contributed by atoms with van der Waals surface area (Å²) < 4.78 is 0.